The number of nitriles is 1. The Balaban J connectivity index is 1.45. The zero-order valence-corrected chi connectivity index (χ0v) is 18.0. The molecule has 0 fully saturated rings. The van der Waals surface area contributed by atoms with Crippen LogP contribution in [0.5, 0.6) is 5.75 Å². The third kappa shape index (κ3) is 5.61. The van der Waals surface area contributed by atoms with Gasteiger partial charge in [0.05, 0.1) is 17.7 Å². The topological polar surface area (TPSA) is 88.4 Å². The predicted octanol–water partition coefficient (Wildman–Crippen LogP) is 4.86. The van der Waals surface area contributed by atoms with Crippen molar-refractivity contribution in [1.29, 1.82) is 5.26 Å². The Hall–Kier alpha value is -2.85. The number of unbranched alkanes of at least 4 members (excludes halogenated alkanes) is 3. The van der Waals surface area contributed by atoms with Gasteiger partial charge < -0.3 is 14.8 Å². The second-order valence-electron chi connectivity index (χ2n) is 7.23. The Bertz CT molecular complexity index is 928. The van der Waals surface area contributed by atoms with E-state index >= 15 is 0 Å². The van der Waals surface area contributed by atoms with Crippen LogP contribution in [0.2, 0.25) is 0 Å². The normalized spacial score (nSPS) is 12.1. The van der Waals surface area contributed by atoms with E-state index in [1.165, 1.54) is 24.2 Å². The van der Waals surface area contributed by atoms with E-state index in [1.54, 1.807) is 24.3 Å². The van der Waals surface area contributed by atoms with Crippen molar-refractivity contribution in [3.8, 4) is 11.8 Å². The second-order valence-corrected chi connectivity index (χ2v) is 8.34. The van der Waals surface area contributed by atoms with E-state index in [0.717, 1.165) is 42.5 Å². The van der Waals surface area contributed by atoms with Gasteiger partial charge in [0, 0.05) is 4.88 Å². The van der Waals surface area contributed by atoms with E-state index in [4.69, 9.17) is 9.47 Å². The lowest BCUT2D eigenvalue weighted by atomic mass is 10.1. The Morgan fingerprint density at radius 2 is 1.97 bits per heavy atom. The summed E-state index contributed by atoms with van der Waals surface area (Å²) in [5, 5.41) is 12.6. The molecule has 0 bridgehead atoms. The molecule has 2 aromatic rings. The molecule has 6 nitrogen and oxygen atoms in total. The summed E-state index contributed by atoms with van der Waals surface area (Å²) in [6, 6.07) is 8.88. The van der Waals surface area contributed by atoms with Crippen molar-refractivity contribution < 1.29 is 19.1 Å². The van der Waals surface area contributed by atoms with Crippen LogP contribution in [-0.4, -0.2) is 25.1 Å². The smallest absolute Gasteiger partial charge is 0.338 e. The quantitative estimate of drug-likeness (QED) is 0.433. The molecule has 1 amide bonds. The zero-order valence-electron chi connectivity index (χ0n) is 17.2. The third-order valence-corrected chi connectivity index (χ3v) is 6.18. The molecule has 1 aliphatic carbocycles. The number of carbonyl (C=O) groups is 2. The number of anilines is 1. The summed E-state index contributed by atoms with van der Waals surface area (Å²) in [6.07, 6.45) is 7.40. The molecule has 0 saturated carbocycles. The first-order valence-electron chi connectivity index (χ1n) is 10.4. The minimum atomic E-state index is -0.575. The minimum Gasteiger partial charge on any atom is -0.494 e. The van der Waals surface area contributed by atoms with Crippen LogP contribution >= 0.6 is 11.3 Å². The Morgan fingerprint density at radius 3 is 2.70 bits per heavy atom. The molecule has 0 saturated heterocycles. The standard InChI is InChI=1S/C23H26N2O4S/c1-2-3-4-5-13-28-17-11-9-16(10-12-17)23(27)29-15-21(26)25-22-19(14-24)18-7-6-8-20(18)30-22/h9-12H,2-8,13,15H2,1H3,(H,25,26). The van der Waals surface area contributed by atoms with E-state index in [9.17, 15) is 14.9 Å². The minimum absolute atomic E-state index is 0.356. The van der Waals surface area contributed by atoms with Crippen molar-refractivity contribution in [2.75, 3.05) is 18.5 Å². The number of nitrogens with zero attached hydrogens (tertiary/aromatic N) is 1. The maximum Gasteiger partial charge on any atom is 0.338 e. The average molecular weight is 427 g/mol. The number of esters is 1. The number of nitrogens with one attached hydrogen (secondary N) is 1. The molecule has 1 aliphatic rings. The summed E-state index contributed by atoms with van der Waals surface area (Å²) in [6.45, 7) is 2.42. The lowest BCUT2D eigenvalue weighted by Crippen LogP contribution is -2.20. The van der Waals surface area contributed by atoms with E-state index in [2.05, 4.69) is 18.3 Å². The van der Waals surface area contributed by atoms with Crippen LogP contribution in [0.1, 0.15) is 65.4 Å². The molecule has 7 heteroatoms. The van der Waals surface area contributed by atoms with Crippen molar-refractivity contribution in [3.05, 3.63) is 45.8 Å². The van der Waals surface area contributed by atoms with Gasteiger partial charge >= 0.3 is 5.97 Å². The highest BCUT2D eigenvalue weighted by atomic mass is 32.1. The SMILES string of the molecule is CCCCCCOc1ccc(C(=O)OCC(=O)Nc2sc3c(c2C#N)CCC3)cc1. The first-order chi connectivity index (χ1) is 14.6. The van der Waals surface area contributed by atoms with Gasteiger partial charge in [-0.3, -0.25) is 4.79 Å². The number of rotatable bonds is 10. The summed E-state index contributed by atoms with van der Waals surface area (Å²) in [7, 11) is 0. The highest BCUT2D eigenvalue weighted by molar-refractivity contribution is 7.16. The number of ether oxygens (including phenoxy) is 2. The maximum absolute atomic E-state index is 12.2. The molecule has 3 rings (SSSR count). The number of carbonyl (C=O) groups excluding carboxylic acids is 2. The van der Waals surface area contributed by atoms with Crippen molar-refractivity contribution in [2.24, 2.45) is 0 Å². The molecule has 0 aliphatic heterocycles. The predicted molar refractivity (Wildman–Crippen MR) is 116 cm³/mol. The van der Waals surface area contributed by atoms with Crippen LogP contribution in [0.3, 0.4) is 0 Å². The van der Waals surface area contributed by atoms with Gasteiger partial charge in [-0.1, -0.05) is 26.2 Å². The number of thiophene rings is 1. The highest BCUT2D eigenvalue weighted by Gasteiger charge is 2.23. The molecule has 0 radical (unpaired) electrons. The summed E-state index contributed by atoms with van der Waals surface area (Å²) < 4.78 is 10.8. The second kappa shape index (κ2) is 10.8. The van der Waals surface area contributed by atoms with Gasteiger partial charge in [0.15, 0.2) is 6.61 Å². The van der Waals surface area contributed by atoms with Gasteiger partial charge in [-0.25, -0.2) is 4.79 Å². The largest absolute Gasteiger partial charge is 0.494 e. The lowest BCUT2D eigenvalue weighted by molar-refractivity contribution is -0.119. The molecule has 1 N–H and O–H groups in total. The fourth-order valence-corrected chi connectivity index (χ4v) is 4.65. The molecule has 0 unspecified atom stereocenters. The van der Waals surface area contributed by atoms with Crippen molar-refractivity contribution in [1.82, 2.24) is 0 Å². The summed E-state index contributed by atoms with van der Waals surface area (Å²) in [4.78, 5) is 25.5. The van der Waals surface area contributed by atoms with Gasteiger partial charge in [0.2, 0.25) is 0 Å². The van der Waals surface area contributed by atoms with Gasteiger partial charge in [0.25, 0.3) is 5.91 Å². The molecule has 30 heavy (non-hydrogen) atoms. The van der Waals surface area contributed by atoms with Crippen molar-refractivity contribution in [3.63, 3.8) is 0 Å². The molecule has 0 spiro atoms. The first kappa shape index (κ1) is 21.8. The van der Waals surface area contributed by atoms with Gasteiger partial charge in [-0.2, -0.15) is 5.26 Å². The molecule has 0 atom stereocenters. The fraction of sp³-hybridized carbons (Fsp3) is 0.435. The van der Waals surface area contributed by atoms with Crippen LogP contribution in [0.15, 0.2) is 24.3 Å². The van der Waals surface area contributed by atoms with Gasteiger partial charge in [-0.05, 0) is 55.5 Å². The molecular formula is C23H26N2O4S. The number of aryl methyl sites for hydroxylation is 1. The van der Waals surface area contributed by atoms with Crippen LogP contribution in [0, 0.1) is 11.3 Å². The number of benzene rings is 1. The first-order valence-corrected chi connectivity index (χ1v) is 11.2. The summed E-state index contributed by atoms with van der Waals surface area (Å²) >= 11 is 1.44. The molecule has 1 aromatic carbocycles. The number of hydrogen-bond acceptors (Lipinski definition) is 6. The third-order valence-electron chi connectivity index (χ3n) is 4.98. The molecule has 1 heterocycles. The Kier molecular flexibility index (Phi) is 7.86. The number of fused-ring (bicyclic) bond motifs is 1. The zero-order chi connectivity index (χ0) is 21.3. The van der Waals surface area contributed by atoms with Crippen LogP contribution in [-0.2, 0) is 22.4 Å². The molecule has 1 aromatic heterocycles. The van der Waals surface area contributed by atoms with Crippen LogP contribution in [0.25, 0.3) is 0 Å². The monoisotopic (exact) mass is 426 g/mol. The molecular weight excluding hydrogens is 400 g/mol. The Labute approximate surface area is 180 Å². The summed E-state index contributed by atoms with van der Waals surface area (Å²) in [5.41, 5.74) is 1.94. The van der Waals surface area contributed by atoms with E-state index in [-0.39, 0.29) is 0 Å². The number of hydrogen-bond donors (Lipinski definition) is 1. The van der Waals surface area contributed by atoms with Gasteiger partial charge in [-0.15, -0.1) is 11.3 Å². The van der Waals surface area contributed by atoms with E-state index < -0.39 is 18.5 Å². The van der Waals surface area contributed by atoms with Crippen LogP contribution in [0.4, 0.5) is 5.00 Å². The molecule has 158 valence electrons. The fourth-order valence-electron chi connectivity index (χ4n) is 3.39. The summed E-state index contributed by atoms with van der Waals surface area (Å²) in [5.74, 6) is -0.323. The van der Waals surface area contributed by atoms with E-state index in [0.29, 0.717) is 28.5 Å². The average Bonchev–Trinajstić information content (AvgIpc) is 3.33. The van der Waals surface area contributed by atoms with E-state index in [1.807, 2.05) is 0 Å². The maximum atomic E-state index is 12.2. The Morgan fingerprint density at radius 1 is 1.17 bits per heavy atom. The number of amides is 1. The van der Waals surface area contributed by atoms with Crippen LogP contribution < -0.4 is 10.1 Å². The van der Waals surface area contributed by atoms with Crippen molar-refractivity contribution >= 4 is 28.2 Å². The highest BCUT2D eigenvalue weighted by Crippen LogP contribution is 2.38. The van der Waals surface area contributed by atoms with Gasteiger partial charge in [0.1, 0.15) is 16.8 Å². The van der Waals surface area contributed by atoms with Crippen molar-refractivity contribution in [2.45, 2.75) is 51.9 Å². The lowest BCUT2D eigenvalue weighted by Gasteiger charge is -2.08.